The van der Waals surface area contributed by atoms with Gasteiger partial charge in [-0.15, -0.1) is 0 Å². The molecule has 94 valence electrons. The number of aliphatic imine (C=N–C) groups is 1. The molecule has 0 fully saturated rings. The molecule has 0 amide bonds. The lowest BCUT2D eigenvalue weighted by Crippen LogP contribution is -2.23. The first-order valence-corrected chi connectivity index (χ1v) is 5.76. The van der Waals surface area contributed by atoms with E-state index in [1.807, 2.05) is 0 Å². The van der Waals surface area contributed by atoms with Gasteiger partial charge in [0.1, 0.15) is 5.75 Å². The molecule has 1 rings (SSSR count). The van der Waals surface area contributed by atoms with Crippen LogP contribution < -0.4 is 16.2 Å². The lowest BCUT2D eigenvalue weighted by Gasteiger charge is -2.12. The second-order valence-corrected chi connectivity index (χ2v) is 4.28. The van der Waals surface area contributed by atoms with E-state index in [0.29, 0.717) is 12.5 Å². The third kappa shape index (κ3) is 3.98. The molecule has 0 bridgehead atoms. The van der Waals surface area contributed by atoms with Gasteiger partial charge in [0.25, 0.3) is 0 Å². The van der Waals surface area contributed by atoms with Gasteiger partial charge < -0.3 is 16.2 Å². The molecule has 0 atom stereocenters. The van der Waals surface area contributed by atoms with Gasteiger partial charge in [-0.05, 0) is 29.5 Å². The Hall–Kier alpha value is -1.71. The predicted molar refractivity (Wildman–Crippen MR) is 71.5 cm³/mol. The molecular formula is C13H21N3O. The summed E-state index contributed by atoms with van der Waals surface area (Å²) < 4.78 is 5.38. The molecule has 1 aromatic carbocycles. The molecular weight excluding hydrogens is 214 g/mol. The molecule has 0 unspecified atom stereocenters. The van der Waals surface area contributed by atoms with Gasteiger partial charge in [0.05, 0.1) is 7.11 Å². The Morgan fingerprint density at radius 2 is 2.06 bits per heavy atom. The van der Waals surface area contributed by atoms with Crippen LogP contribution in [0.5, 0.6) is 5.75 Å². The molecule has 0 aliphatic rings. The molecule has 4 nitrogen and oxygen atoms in total. The molecule has 17 heavy (non-hydrogen) atoms. The smallest absolute Gasteiger partial charge is 0.185 e. The number of ether oxygens (including phenoxy) is 1. The highest BCUT2D eigenvalue weighted by Crippen LogP contribution is 2.25. The summed E-state index contributed by atoms with van der Waals surface area (Å²) >= 11 is 0. The van der Waals surface area contributed by atoms with Crippen LogP contribution in [-0.2, 0) is 6.42 Å². The van der Waals surface area contributed by atoms with Crippen LogP contribution in [0.15, 0.2) is 23.2 Å². The minimum absolute atomic E-state index is 0.128. The molecule has 1 aromatic rings. The molecule has 0 spiro atoms. The standard InChI is InChI=1S/C13H21N3O/c1-9(2)11-5-4-10(12(8-11)17-3)6-7-16-13(14)15/h4-5,8-9H,6-7H2,1-3H3,(H4,14,15,16). The fourth-order valence-electron chi connectivity index (χ4n) is 1.63. The van der Waals surface area contributed by atoms with E-state index in [4.69, 9.17) is 16.2 Å². The highest BCUT2D eigenvalue weighted by molar-refractivity contribution is 5.75. The van der Waals surface area contributed by atoms with Crippen LogP contribution in [0.1, 0.15) is 30.9 Å². The number of guanidine groups is 1. The average Bonchev–Trinajstić information content (AvgIpc) is 2.28. The third-order valence-electron chi connectivity index (χ3n) is 2.65. The Balaban J connectivity index is 2.82. The van der Waals surface area contributed by atoms with E-state index < -0.39 is 0 Å². The summed E-state index contributed by atoms with van der Waals surface area (Å²) in [5, 5.41) is 0. The van der Waals surface area contributed by atoms with E-state index in [2.05, 4.69) is 37.0 Å². The number of hydrogen-bond donors (Lipinski definition) is 2. The molecule has 0 saturated carbocycles. The molecule has 0 aliphatic carbocycles. The summed E-state index contributed by atoms with van der Waals surface area (Å²) in [4.78, 5) is 3.97. The normalized spacial score (nSPS) is 10.4. The zero-order chi connectivity index (χ0) is 12.8. The predicted octanol–water partition coefficient (Wildman–Crippen LogP) is 1.63. The monoisotopic (exact) mass is 235 g/mol. The topological polar surface area (TPSA) is 73.6 Å². The Kier molecular flexibility index (Phi) is 4.82. The molecule has 0 aliphatic heterocycles. The molecule has 0 aromatic heterocycles. The van der Waals surface area contributed by atoms with Crippen molar-refractivity contribution in [2.75, 3.05) is 13.7 Å². The van der Waals surface area contributed by atoms with Crippen molar-refractivity contribution in [2.45, 2.75) is 26.2 Å². The molecule has 0 saturated heterocycles. The maximum Gasteiger partial charge on any atom is 0.185 e. The summed E-state index contributed by atoms with van der Waals surface area (Å²) in [5.74, 6) is 1.53. The van der Waals surface area contributed by atoms with E-state index in [9.17, 15) is 0 Å². The van der Waals surface area contributed by atoms with Gasteiger partial charge in [-0.2, -0.15) is 0 Å². The van der Waals surface area contributed by atoms with Crippen molar-refractivity contribution in [1.82, 2.24) is 0 Å². The average molecular weight is 235 g/mol. The van der Waals surface area contributed by atoms with Gasteiger partial charge in [-0.3, -0.25) is 4.99 Å². The van der Waals surface area contributed by atoms with Crippen molar-refractivity contribution in [3.05, 3.63) is 29.3 Å². The number of methoxy groups -OCH3 is 1. The van der Waals surface area contributed by atoms with Crippen LogP contribution in [0, 0.1) is 0 Å². The highest BCUT2D eigenvalue weighted by atomic mass is 16.5. The van der Waals surface area contributed by atoms with Crippen molar-refractivity contribution < 1.29 is 4.74 Å². The summed E-state index contributed by atoms with van der Waals surface area (Å²) in [6, 6.07) is 6.28. The Morgan fingerprint density at radius 3 is 2.59 bits per heavy atom. The van der Waals surface area contributed by atoms with E-state index in [0.717, 1.165) is 17.7 Å². The second-order valence-electron chi connectivity index (χ2n) is 4.28. The van der Waals surface area contributed by atoms with Gasteiger partial charge in [-0.25, -0.2) is 0 Å². The Labute approximate surface area is 103 Å². The van der Waals surface area contributed by atoms with Gasteiger partial charge in [-0.1, -0.05) is 26.0 Å². The first-order chi connectivity index (χ1) is 8.04. The highest BCUT2D eigenvalue weighted by Gasteiger charge is 2.06. The summed E-state index contributed by atoms with van der Waals surface area (Å²) in [5.41, 5.74) is 13.0. The van der Waals surface area contributed by atoms with Crippen LogP contribution in [0.25, 0.3) is 0 Å². The molecule has 4 N–H and O–H groups in total. The first kappa shape index (κ1) is 13.4. The van der Waals surface area contributed by atoms with Crippen LogP contribution in [0.4, 0.5) is 0 Å². The van der Waals surface area contributed by atoms with Gasteiger partial charge >= 0.3 is 0 Å². The third-order valence-corrected chi connectivity index (χ3v) is 2.65. The second kappa shape index (κ2) is 6.13. The maximum atomic E-state index is 5.38. The SMILES string of the molecule is COc1cc(C(C)C)ccc1CCN=C(N)N. The van der Waals surface area contributed by atoms with Crippen molar-refractivity contribution in [2.24, 2.45) is 16.5 Å². The maximum absolute atomic E-state index is 5.38. The minimum Gasteiger partial charge on any atom is -0.496 e. The van der Waals surface area contributed by atoms with Gasteiger partial charge in [0.2, 0.25) is 0 Å². The van der Waals surface area contributed by atoms with Crippen molar-refractivity contribution >= 4 is 5.96 Å². The number of nitrogens with zero attached hydrogens (tertiary/aromatic N) is 1. The summed E-state index contributed by atoms with van der Waals surface area (Å²) in [6.45, 7) is 4.90. The number of nitrogens with two attached hydrogens (primary N) is 2. The van der Waals surface area contributed by atoms with E-state index in [1.165, 1.54) is 5.56 Å². The lowest BCUT2D eigenvalue weighted by atomic mass is 10.00. The number of benzene rings is 1. The fourth-order valence-corrected chi connectivity index (χ4v) is 1.63. The lowest BCUT2D eigenvalue weighted by molar-refractivity contribution is 0.409. The van der Waals surface area contributed by atoms with Gasteiger partial charge in [0.15, 0.2) is 5.96 Å². The van der Waals surface area contributed by atoms with Crippen LogP contribution in [0.3, 0.4) is 0 Å². The minimum atomic E-state index is 0.128. The van der Waals surface area contributed by atoms with Crippen molar-refractivity contribution in [3.8, 4) is 5.75 Å². The number of hydrogen-bond acceptors (Lipinski definition) is 2. The van der Waals surface area contributed by atoms with Crippen LogP contribution >= 0.6 is 0 Å². The van der Waals surface area contributed by atoms with Gasteiger partial charge in [0, 0.05) is 6.54 Å². The molecule has 0 radical (unpaired) electrons. The zero-order valence-corrected chi connectivity index (χ0v) is 10.7. The molecule has 4 heteroatoms. The summed E-state index contributed by atoms with van der Waals surface area (Å²) in [7, 11) is 1.68. The number of rotatable bonds is 5. The van der Waals surface area contributed by atoms with E-state index in [1.54, 1.807) is 7.11 Å². The van der Waals surface area contributed by atoms with Crippen molar-refractivity contribution in [3.63, 3.8) is 0 Å². The van der Waals surface area contributed by atoms with E-state index >= 15 is 0 Å². The Bertz CT molecular complexity index is 396. The van der Waals surface area contributed by atoms with Crippen molar-refractivity contribution in [1.29, 1.82) is 0 Å². The first-order valence-electron chi connectivity index (χ1n) is 5.76. The molecule has 0 heterocycles. The Morgan fingerprint density at radius 1 is 1.35 bits per heavy atom. The van der Waals surface area contributed by atoms with Crippen LogP contribution in [0.2, 0.25) is 0 Å². The quantitative estimate of drug-likeness (QED) is 0.602. The largest absolute Gasteiger partial charge is 0.496 e. The van der Waals surface area contributed by atoms with E-state index in [-0.39, 0.29) is 5.96 Å². The summed E-state index contributed by atoms with van der Waals surface area (Å²) in [6.07, 6.45) is 0.777. The zero-order valence-electron chi connectivity index (χ0n) is 10.7. The fraction of sp³-hybridized carbons (Fsp3) is 0.462. The van der Waals surface area contributed by atoms with Crippen LogP contribution in [-0.4, -0.2) is 19.6 Å².